The number of piperidine rings is 1. The van der Waals surface area contributed by atoms with E-state index in [-0.39, 0.29) is 23.8 Å². The van der Waals surface area contributed by atoms with Gasteiger partial charge in [-0.15, -0.1) is 0 Å². The average molecular weight is 393 g/mol. The molecule has 0 radical (unpaired) electrons. The van der Waals surface area contributed by atoms with Gasteiger partial charge >= 0.3 is 5.97 Å². The van der Waals surface area contributed by atoms with E-state index in [4.69, 9.17) is 16.3 Å². The van der Waals surface area contributed by atoms with Crippen molar-refractivity contribution in [3.8, 4) is 0 Å². The van der Waals surface area contributed by atoms with Crippen molar-refractivity contribution in [2.75, 3.05) is 31.3 Å². The van der Waals surface area contributed by atoms with Gasteiger partial charge in [0.05, 0.1) is 17.9 Å². The van der Waals surface area contributed by atoms with Crippen LogP contribution in [0.15, 0.2) is 18.2 Å². The summed E-state index contributed by atoms with van der Waals surface area (Å²) in [6, 6.07) is 3.70. The van der Waals surface area contributed by atoms with Crippen LogP contribution in [0, 0.1) is 11.7 Å². The first-order valence-corrected chi connectivity index (χ1v) is 9.76. The fourth-order valence-corrected chi connectivity index (χ4v) is 3.50. The third-order valence-electron chi connectivity index (χ3n) is 3.80. The number of hydrogen-bond donors (Lipinski definition) is 1. The SMILES string of the molecule is CS(=O)(=O)N1CCC(C(=O)OCC(=O)Nc2cc(Cl)ccc2F)CC1. The van der Waals surface area contributed by atoms with Gasteiger partial charge in [0.15, 0.2) is 6.61 Å². The molecule has 0 spiro atoms. The predicted molar refractivity (Wildman–Crippen MR) is 90.1 cm³/mol. The zero-order chi connectivity index (χ0) is 18.6. The quantitative estimate of drug-likeness (QED) is 0.769. The van der Waals surface area contributed by atoms with Gasteiger partial charge in [0, 0.05) is 18.1 Å². The summed E-state index contributed by atoms with van der Waals surface area (Å²) in [5.74, 6) is -2.39. The smallest absolute Gasteiger partial charge is 0.309 e. The minimum atomic E-state index is -3.27. The summed E-state index contributed by atoms with van der Waals surface area (Å²) in [4.78, 5) is 23.7. The number of carbonyl (C=O) groups is 2. The lowest BCUT2D eigenvalue weighted by Gasteiger charge is -2.28. The summed E-state index contributed by atoms with van der Waals surface area (Å²) in [6.07, 6.45) is 1.78. The van der Waals surface area contributed by atoms with E-state index >= 15 is 0 Å². The Balaban J connectivity index is 1.80. The highest BCUT2D eigenvalue weighted by Crippen LogP contribution is 2.21. The molecule has 1 saturated heterocycles. The number of nitrogens with zero attached hydrogens (tertiary/aromatic N) is 1. The Morgan fingerprint density at radius 3 is 2.60 bits per heavy atom. The molecule has 10 heteroatoms. The van der Waals surface area contributed by atoms with Crippen LogP contribution in [0.4, 0.5) is 10.1 Å². The van der Waals surface area contributed by atoms with Gasteiger partial charge in [0.2, 0.25) is 10.0 Å². The van der Waals surface area contributed by atoms with E-state index in [1.165, 1.54) is 16.4 Å². The number of halogens is 2. The Morgan fingerprint density at radius 1 is 1.36 bits per heavy atom. The van der Waals surface area contributed by atoms with Gasteiger partial charge in [0.25, 0.3) is 5.91 Å². The molecule has 1 aromatic carbocycles. The Bertz CT molecular complexity index is 763. The van der Waals surface area contributed by atoms with Gasteiger partial charge in [-0.3, -0.25) is 9.59 Å². The van der Waals surface area contributed by atoms with Gasteiger partial charge in [-0.25, -0.2) is 17.1 Å². The highest BCUT2D eigenvalue weighted by atomic mass is 35.5. The molecule has 1 aliphatic heterocycles. The van der Waals surface area contributed by atoms with Crippen molar-refractivity contribution in [3.05, 3.63) is 29.0 Å². The molecule has 0 atom stereocenters. The molecule has 0 unspecified atom stereocenters. The molecule has 1 fully saturated rings. The molecule has 1 aromatic rings. The van der Waals surface area contributed by atoms with Crippen molar-refractivity contribution in [1.29, 1.82) is 0 Å². The number of benzene rings is 1. The normalized spacial score (nSPS) is 16.4. The first-order valence-electron chi connectivity index (χ1n) is 7.53. The van der Waals surface area contributed by atoms with Crippen molar-refractivity contribution in [2.24, 2.45) is 5.92 Å². The topological polar surface area (TPSA) is 92.8 Å². The van der Waals surface area contributed by atoms with Crippen LogP contribution in [0.2, 0.25) is 5.02 Å². The minimum absolute atomic E-state index is 0.102. The number of sulfonamides is 1. The summed E-state index contributed by atoms with van der Waals surface area (Å²) in [5, 5.41) is 2.53. The molecular weight excluding hydrogens is 375 g/mol. The average Bonchev–Trinajstić information content (AvgIpc) is 2.55. The third-order valence-corrected chi connectivity index (χ3v) is 5.34. The van der Waals surface area contributed by atoms with Crippen LogP contribution >= 0.6 is 11.6 Å². The number of nitrogens with one attached hydrogen (secondary N) is 1. The van der Waals surface area contributed by atoms with Crippen molar-refractivity contribution < 1.29 is 27.1 Å². The number of ether oxygens (including phenoxy) is 1. The van der Waals surface area contributed by atoms with Gasteiger partial charge in [-0.05, 0) is 31.0 Å². The van der Waals surface area contributed by atoms with Crippen molar-refractivity contribution in [2.45, 2.75) is 12.8 Å². The third kappa shape index (κ3) is 5.65. The summed E-state index contributed by atoms with van der Waals surface area (Å²) < 4.78 is 42.6. The maximum absolute atomic E-state index is 13.5. The van der Waals surface area contributed by atoms with E-state index in [1.54, 1.807) is 0 Å². The van der Waals surface area contributed by atoms with Crippen LogP contribution in [-0.4, -0.2) is 50.6 Å². The molecule has 7 nitrogen and oxygen atoms in total. The Morgan fingerprint density at radius 2 is 2.00 bits per heavy atom. The second-order valence-corrected chi connectivity index (χ2v) is 8.14. The van der Waals surface area contributed by atoms with E-state index in [0.29, 0.717) is 12.8 Å². The predicted octanol–water partition coefficient (Wildman–Crippen LogP) is 1.63. The van der Waals surface area contributed by atoms with Crippen molar-refractivity contribution in [3.63, 3.8) is 0 Å². The lowest BCUT2D eigenvalue weighted by Crippen LogP contribution is -2.40. The van der Waals surface area contributed by atoms with E-state index in [9.17, 15) is 22.4 Å². The second-order valence-electron chi connectivity index (χ2n) is 5.72. The van der Waals surface area contributed by atoms with Crippen LogP contribution in [0.3, 0.4) is 0 Å². The molecule has 138 valence electrons. The van der Waals surface area contributed by atoms with Gasteiger partial charge in [-0.1, -0.05) is 11.6 Å². The van der Waals surface area contributed by atoms with Gasteiger partial charge in [-0.2, -0.15) is 0 Å². The van der Waals surface area contributed by atoms with E-state index < -0.39 is 40.2 Å². The molecule has 25 heavy (non-hydrogen) atoms. The van der Waals surface area contributed by atoms with Crippen molar-refractivity contribution in [1.82, 2.24) is 4.31 Å². The van der Waals surface area contributed by atoms with E-state index in [1.807, 2.05) is 0 Å². The zero-order valence-electron chi connectivity index (χ0n) is 13.5. The fourth-order valence-electron chi connectivity index (χ4n) is 2.46. The Kier molecular flexibility index (Phi) is 6.36. The molecule has 1 heterocycles. The van der Waals surface area contributed by atoms with Crippen LogP contribution in [0.1, 0.15) is 12.8 Å². The van der Waals surface area contributed by atoms with Crippen molar-refractivity contribution >= 4 is 39.2 Å². The van der Waals surface area contributed by atoms with Gasteiger partial charge in [0.1, 0.15) is 5.82 Å². The van der Waals surface area contributed by atoms with Gasteiger partial charge < -0.3 is 10.1 Å². The number of hydrogen-bond acceptors (Lipinski definition) is 5. The summed E-state index contributed by atoms with van der Waals surface area (Å²) >= 11 is 5.72. The number of carbonyl (C=O) groups excluding carboxylic acids is 2. The summed E-state index contributed by atoms with van der Waals surface area (Å²) in [6.45, 7) is -0.0892. The summed E-state index contributed by atoms with van der Waals surface area (Å²) in [5.41, 5.74) is -0.102. The highest BCUT2D eigenvalue weighted by Gasteiger charge is 2.30. The number of rotatable bonds is 5. The fraction of sp³-hybridized carbons (Fsp3) is 0.467. The van der Waals surface area contributed by atoms with E-state index in [0.717, 1.165) is 12.3 Å². The lowest BCUT2D eigenvalue weighted by molar-refractivity contribution is -0.152. The molecule has 0 bridgehead atoms. The Hall–Kier alpha value is -1.71. The maximum Gasteiger partial charge on any atom is 0.309 e. The Labute approximate surface area is 150 Å². The molecule has 2 rings (SSSR count). The molecule has 0 saturated carbocycles. The summed E-state index contributed by atoms with van der Waals surface area (Å²) in [7, 11) is -3.27. The monoisotopic (exact) mass is 392 g/mol. The first-order chi connectivity index (χ1) is 11.7. The van der Waals surface area contributed by atoms with Crippen LogP contribution in [0.25, 0.3) is 0 Å². The standard InChI is InChI=1S/C15H18ClFN2O5S/c1-25(22,23)19-6-4-10(5-7-19)15(21)24-9-14(20)18-13-8-11(16)2-3-12(13)17/h2-3,8,10H,4-7,9H2,1H3,(H,18,20). The molecule has 0 aromatic heterocycles. The number of amides is 1. The molecule has 1 amide bonds. The minimum Gasteiger partial charge on any atom is -0.455 e. The largest absolute Gasteiger partial charge is 0.455 e. The first kappa shape index (κ1) is 19.6. The molecule has 1 aliphatic rings. The molecule has 1 N–H and O–H groups in total. The maximum atomic E-state index is 13.5. The molecular formula is C15H18ClFN2O5S. The van der Waals surface area contributed by atoms with Crippen LogP contribution in [0.5, 0.6) is 0 Å². The number of esters is 1. The lowest BCUT2D eigenvalue weighted by atomic mass is 9.98. The highest BCUT2D eigenvalue weighted by molar-refractivity contribution is 7.88. The van der Waals surface area contributed by atoms with Crippen LogP contribution in [-0.2, 0) is 24.3 Å². The molecule has 0 aliphatic carbocycles. The zero-order valence-corrected chi connectivity index (χ0v) is 15.1. The number of anilines is 1. The van der Waals surface area contributed by atoms with Crippen LogP contribution < -0.4 is 5.32 Å². The van der Waals surface area contributed by atoms with E-state index in [2.05, 4.69) is 5.32 Å². The second kappa shape index (κ2) is 8.11.